The first-order valence-corrected chi connectivity index (χ1v) is 30.6. The van der Waals surface area contributed by atoms with Gasteiger partial charge in [0.05, 0.1) is 0 Å². The van der Waals surface area contributed by atoms with Gasteiger partial charge in [0.1, 0.15) is 13.2 Å². The highest BCUT2D eigenvalue weighted by Gasteiger charge is 2.19. The lowest BCUT2D eigenvalue weighted by molar-refractivity contribution is -0.167. The van der Waals surface area contributed by atoms with E-state index in [1.54, 1.807) is 0 Å². The van der Waals surface area contributed by atoms with Crippen LogP contribution in [0.3, 0.4) is 0 Å². The van der Waals surface area contributed by atoms with Gasteiger partial charge in [-0.05, 0) is 96.3 Å². The van der Waals surface area contributed by atoms with Gasteiger partial charge in [-0.3, -0.25) is 14.4 Å². The lowest BCUT2D eigenvalue weighted by Gasteiger charge is -2.18. The zero-order chi connectivity index (χ0) is 52.2. The Bertz CT molecular complexity index is 1380. The molecule has 0 saturated heterocycles. The van der Waals surface area contributed by atoms with E-state index in [-0.39, 0.29) is 37.5 Å². The standard InChI is InChI=1S/C66H114O6/c1-4-7-10-13-16-18-20-22-24-26-28-30-31-32-33-34-35-37-38-40-42-44-46-48-50-53-56-59-65(68)71-62-63(61-70-64(67)58-55-52-15-12-9-6-3)72-66(69)60-57-54-51-49-47-45-43-41-39-36-29-27-25-23-21-19-17-14-11-8-5-2/h8,11,17,19,23,25-26,28-29,36,41,43,47,49,63H,4-7,9-10,12-16,18,20-22,24,27,30-35,37-40,42,44-46,48,50-62H2,1-3H3/b11-8-,19-17-,25-23-,28-26-,36-29-,43-41-,49-47-. The SMILES string of the molecule is CC/C=C\C/C=C\C/C=C\C/C=C\C/C=C\C/C=C\CCCCC(=O)OC(COC(=O)CCCCCCCC)COC(=O)CCCCCCCCCCCCCCCCC/C=C\CCCCCCCCCC. The molecule has 0 saturated carbocycles. The van der Waals surface area contributed by atoms with E-state index >= 15 is 0 Å². The van der Waals surface area contributed by atoms with Gasteiger partial charge in [0.2, 0.25) is 0 Å². The zero-order valence-corrected chi connectivity index (χ0v) is 47.4. The van der Waals surface area contributed by atoms with Crippen LogP contribution in [0.1, 0.15) is 297 Å². The van der Waals surface area contributed by atoms with Gasteiger partial charge in [0.25, 0.3) is 0 Å². The minimum Gasteiger partial charge on any atom is -0.462 e. The van der Waals surface area contributed by atoms with Crippen molar-refractivity contribution in [3.8, 4) is 0 Å². The van der Waals surface area contributed by atoms with Crippen molar-refractivity contribution in [2.45, 2.75) is 303 Å². The Balaban J connectivity index is 4.14. The normalized spacial score (nSPS) is 12.7. The largest absolute Gasteiger partial charge is 0.462 e. The highest BCUT2D eigenvalue weighted by Crippen LogP contribution is 2.16. The van der Waals surface area contributed by atoms with Crippen LogP contribution in [0.5, 0.6) is 0 Å². The topological polar surface area (TPSA) is 78.9 Å². The van der Waals surface area contributed by atoms with Gasteiger partial charge in [-0.15, -0.1) is 0 Å². The van der Waals surface area contributed by atoms with Gasteiger partial charge in [0.15, 0.2) is 6.10 Å². The number of carbonyl (C=O) groups is 3. The predicted molar refractivity (Wildman–Crippen MR) is 311 cm³/mol. The van der Waals surface area contributed by atoms with E-state index in [2.05, 4.69) is 106 Å². The Morgan fingerprint density at radius 1 is 0.292 bits per heavy atom. The minimum atomic E-state index is -0.796. The van der Waals surface area contributed by atoms with Gasteiger partial charge in [-0.1, -0.05) is 266 Å². The third-order valence-electron chi connectivity index (χ3n) is 13.1. The summed E-state index contributed by atoms with van der Waals surface area (Å²) in [6, 6.07) is 0. The average molecular weight is 1000 g/mol. The van der Waals surface area contributed by atoms with Crippen LogP contribution in [0.2, 0.25) is 0 Å². The van der Waals surface area contributed by atoms with Gasteiger partial charge in [-0.2, -0.15) is 0 Å². The van der Waals surface area contributed by atoms with Crippen LogP contribution in [0, 0.1) is 0 Å². The molecule has 414 valence electrons. The van der Waals surface area contributed by atoms with Crippen molar-refractivity contribution in [1.29, 1.82) is 0 Å². The molecule has 0 bridgehead atoms. The second kappa shape index (κ2) is 60.1. The Hall–Kier alpha value is -3.41. The summed E-state index contributed by atoms with van der Waals surface area (Å²) in [5, 5.41) is 0. The molecule has 1 atom stereocenters. The second-order valence-electron chi connectivity index (χ2n) is 20.2. The highest BCUT2D eigenvalue weighted by molar-refractivity contribution is 5.71. The fourth-order valence-electron chi connectivity index (χ4n) is 8.56. The van der Waals surface area contributed by atoms with Gasteiger partial charge in [-0.25, -0.2) is 0 Å². The number of ether oxygens (including phenoxy) is 3. The van der Waals surface area contributed by atoms with Crippen LogP contribution in [0.4, 0.5) is 0 Å². The quantitative estimate of drug-likeness (QED) is 0.0261. The summed E-state index contributed by atoms with van der Waals surface area (Å²) >= 11 is 0. The van der Waals surface area contributed by atoms with Crippen molar-refractivity contribution in [1.82, 2.24) is 0 Å². The molecule has 0 aromatic heterocycles. The molecular weight excluding hydrogens is 889 g/mol. The maximum Gasteiger partial charge on any atom is 0.306 e. The molecular formula is C66H114O6. The number of esters is 3. The van der Waals surface area contributed by atoms with E-state index in [9.17, 15) is 14.4 Å². The van der Waals surface area contributed by atoms with Crippen molar-refractivity contribution in [3.05, 3.63) is 85.1 Å². The molecule has 1 unspecified atom stereocenters. The lowest BCUT2D eigenvalue weighted by Crippen LogP contribution is -2.30. The van der Waals surface area contributed by atoms with Gasteiger partial charge in [0, 0.05) is 19.3 Å². The fourth-order valence-corrected chi connectivity index (χ4v) is 8.56. The Kier molecular flexibility index (Phi) is 57.3. The van der Waals surface area contributed by atoms with Crippen molar-refractivity contribution < 1.29 is 28.6 Å². The van der Waals surface area contributed by atoms with Crippen molar-refractivity contribution >= 4 is 17.9 Å². The van der Waals surface area contributed by atoms with E-state index in [0.29, 0.717) is 19.3 Å². The van der Waals surface area contributed by atoms with Crippen LogP contribution >= 0.6 is 0 Å². The summed E-state index contributed by atoms with van der Waals surface area (Å²) in [5.41, 5.74) is 0. The Labute approximate surface area is 445 Å². The summed E-state index contributed by atoms with van der Waals surface area (Å²) in [7, 11) is 0. The van der Waals surface area contributed by atoms with E-state index in [0.717, 1.165) is 89.9 Å². The first kappa shape index (κ1) is 68.6. The van der Waals surface area contributed by atoms with Gasteiger partial charge < -0.3 is 14.2 Å². The van der Waals surface area contributed by atoms with E-state index in [1.165, 1.54) is 161 Å². The van der Waals surface area contributed by atoms with Crippen LogP contribution in [0.25, 0.3) is 0 Å². The molecule has 0 heterocycles. The van der Waals surface area contributed by atoms with E-state index in [4.69, 9.17) is 14.2 Å². The molecule has 0 N–H and O–H groups in total. The third kappa shape index (κ3) is 57.5. The molecule has 0 radical (unpaired) electrons. The summed E-state index contributed by atoms with van der Waals surface area (Å²) in [5.74, 6) is -0.939. The average Bonchev–Trinajstić information content (AvgIpc) is 3.38. The molecule has 6 heteroatoms. The van der Waals surface area contributed by atoms with Crippen LogP contribution < -0.4 is 0 Å². The Morgan fingerprint density at radius 2 is 0.542 bits per heavy atom. The molecule has 0 rings (SSSR count). The molecule has 0 aliphatic heterocycles. The smallest absolute Gasteiger partial charge is 0.306 e. The summed E-state index contributed by atoms with van der Waals surface area (Å²) in [4.78, 5) is 37.9. The van der Waals surface area contributed by atoms with Crippen LogP contribution in [-0.4, -0.2) is 37.2 Å². The maximum atomic E-state index is 12.8. The monoisotopic (exact) mass is 1000 g/mol. The van der Waals surface area contributed by atoms with E-state index in [1.807, 2.05) is 0 Å². The number of rotatable bonds is 55. The fraction of sp³-hybridized carbons (Fsp3) is 0.742. The maximum absolute atomic E-state index is 12.8. The zero-order valence-electron chi connectivity index (χ0n) is 47.4. The molecule has 72 heavy (non-hydrogen) atoms. The number of hydrogen-bond acceptors (Lipinski definition) is 6. The van der Waals surface area contributed by atoms with Crippen LogP contribution in [-0.2, 0) is 28.6 Å². The molecule has 0 aromatic carbocycles. The summed E-state index contributed by atoms with van der Waals surface area (Å²) < 4.78 is 16.7. The lowest BCUT2D eigenvalue weighted by atomic mass is 10.0. The minimum absolute atomic E-state index is 0.0925. The highest BCUT2D eigenvalue weighted by atomic mass is 16.6. The molecule has 0 aliphatic carbocycles. The molecule has 0 amide bonds. The number of unbranched alkanes of at least 4 members (excludes halogenated alkanes) is 30. The molecule has 0 aromatic rings. The summed E-state index contributed by atoms with van der Waals surface area (Å²) in [6.07, 6.45) is 79.2. The van der Waals surface area contributed by atoms with Crippen molar-refractivity contribution in [2.24, 2.45) is 0 Å². The summed E-state index contributed by atoms with van der Waals surface area (Å²) in [6.45, 7) is 6.45. The molecule has 0 spiro atoms. The van der Waals surface area contributed by atoms with Crippen molar-refractivity contribution in [2.75, 3.05) is 13.2 Å². The number of carbonyl (C=O) groups excluding carboxylic acids is 3. The van der Waals surface area contributed by atoms with Crippen molar-refractivity contribution in [3.63, 3.8) is 0 Å². The first-order chi connectivity index (χ1) is 35.5. The molecule has 0 aliphatic rings. The van der Waals surface area contributed by atoms with Gasteiger partial charge >= 0.3 is 17.9 Å². The Morgan fingerprint density at radius 3 is 0.889 bits per heavy atom. The predicted octanol–water partition coefficient (Wildman–Crippen LogP) is 20.7. The van der Waals surface area contributed by atoms with Crippen LogP contribution in [0.15, 0.2) is 85.1 Å². The number of hydrogen-bond donors (Lipinski definition) is 0. The third-order valence-corrected chi connectivity index (χ3v) is 13.1. The second-order valence-corrected chi connectivity index (χ2v) is 20.2. The molecule has 0 fully saturated rings. The number of allylic oxidation sites excluding steroid dienone is 14. The molecule has 6 nitrogen and oxygen atoms in total. The van der Waals surface area contributed by atoms with E-state index < -0.39 is 6.10 Å². The first-order valence-electron chi connectivity index (χ1n) is 30.6.